The molecule has 31 heavy (non-hydrogen) atoms. The maximum absolute atomic E-state index is 11.9. The van der Waals surface area contributed by atoms with E-state index in [4.69, 9.17) is 0 Å². The summed E-state index contributed by atoms with van der Waals surface area (Å²) in [5.41, 5.74) is 5.98. The van der Waals surface area contributed by atoms with E-state index >= 15 is 0 Å². The zero-order valence-electron chi connectivity index (χ0n) is 21.9. The summed E-state index contributed by atoms with van der Waals surface area (Å²) in [6.45, 7) is 26.8. The van der Waals surface area contributed by atoms with Crippen molar-refractivity contribution in [1.29, 1.82) is 0 Å². The molecule has 0 saturated carbocycles. The highest BCUT2D eigenvalue weighted by molar-refractivity contribution is 5.64. The molecule has 0 aliphatic carbocycles. The van der Waals surface area contributed by atoms with Gasteiger partial charge in [-0.15, -0.1) is 0 Å². The molecule has 2 N–H and O–H groups in total. The van der Waals surface area contributed by atoms with Crippen LogP contribution in [0.1, 0.15) is 116 Å². The van der Waals surface area contributed by atoms with E-state index in [1.807, 2.05) is 18.2 Å². The molecule has 0 aliphatic heterocycles. The average Bonchev–Trinajstić information content (AvgIpc) is 2.53. The van der Waals surface area contributed by atoms with E-state index < -0.39 is 0 Å². The summed E-state index contributed by atoms with van der Waals surface area (Å²) in [6, 6.07) is 7.46. The van der Waals surface area contributed by atoms with E-state index in [2.05, 4.69) is 83.1 Å². The third kappa shape index (κ3) is 5.10. The SMILES string of the molecule is CC(C)(C)c1c(O)c(Cc2ccccc2O)c(C(C)(C)C)c(C(C)(C)C)c1C(C)(C)C. The number of benzene rings is 2. The van der Waals surface area contributed by atoms with Crippen molar-refractivity contribution < 1.29 is 10.2 Å². The number of hydrogen-bond donors (Lipinski definition) is 2. The second-order valence-corrected chi connectivity index (χ2v) is 13.1. The minimum atomic E-state index is -0.226. The van der Waals surface area contributed by atoms with Gasteiger partial charge < -0.3 is 10.2 Å². The third-order valence-electron chi connectivity index (χ3n) is 5.93. The Morgan fingerprint density at radius 2 is 0.935 bits per heavy atom. The van der Waals surface area contributed by atoms with Gasteiger partial charge in [0.1, 0.15) is 11.5 Å². The molecule has 0 heterocycles. The molecule has 172 valence electrons. The van der Waals surface area contributed by atoms with Gasteiger partial charge in [0, 0.05) is 17.5 Å². The summed E-state index contributed by atoms with van der Waals surface area (Å²) >= 11 is 0. The molecule has 2 aromatic carbocycles. The van der Waals surface area contributed by atoms with Crippen LogP contribution in [0.5, 0.6) is 11.5 Å². The van der Waals surface area contributed by atoms with E-state index in [1.54, 1.807) is 6.07 Å². The molecule has 0 unspecified atom stereocenters. The Morgan fingerprint density at radius 1 is 0.548 bits per heavy atom. The zero-order valence-corrected chi connectivity index (χ0v) is 21.9. The first-order chi connectivity index (χ1) is 13.8. The number of rotatable bonds is 2. The summed E-state index contributed by atoms with van der Waals surface area (Å²) in [6.07, 6.45) is 0.502. The summed E-state index contributed by atoms with van der Waals surface area (Å²) in [7, 11) is 0. The van der Waals surface area contributed by atoms with Gasteiger partial charge in [-0.1, -0.05) is 101 Å². The van der Waals surface area contributed by atoms with Crippen LogP contribution in [-0.2, 0) is 28.1 Å². The predicted octanol–water partition coefficient (Wildman–Crippen LogP) is 7.88. The predicted molar refractivity (Wildman–Crippen MR) is 134 cm³/mol. The van der Waals surface area contributed by atoms with Crippen LogP contribution >= 0.6 is 0 Å². The number of para-hydroxylation sites is 1. The van der Waals surface area contributed by atoms with Crippen molar-refractivity contribution in [2.75, 3.05) is 0 Å². The van der Waals surface area contributed by atoms with Gasteiger partial charge in [-0.3, -0.25) is 0 Å². The lowest BCUT2D eigenvalue weighted by atomic mass is 9.62. The topological polar surface area (TPSA) is 40.5 Å². The van der Waals surface area contributed by atoms with E-state index in [-0.39, 0.29) is 27.4 Å². The van der Waals surface area contributed by atoms with Crippen LogP contribution in [0.25, 0.3) is 0 Å². The Hall–Kier alpha value is -1.96. The Balaban J connectivity index is 3.19. The molecule has 0 spiro atoms. The molecule has 0 amide bonds. The maximum Gasteiger partial charge on any atom is 0.123 e. The molecular formula is C29H44O2. The molecule has 0 radical (unpaired) electrons. The molecule has 0 aliphatic rings. The Kier molecular flexibility index (Phi) is 6.42. The Morgan fingerprint density at radius 3 is 1.32 bits per heavy atom. The fourth-order valence-electron chi connectivity index (χ4n) is 4.87. The number of aromatic hydroxyl groups is 2. The molecule has 0 saturated heterocycles. The van der Waals surface area contributed by atoms with Crippen LogP contribution in [0.4, 0.5) is 0 Å². The largest absolute Gasteiger partial charge is 0.508 e. The van der Waals surface area contributed by atoms with Gasteiger partial charge in [-0.2, -0.15) is 0 Å². The second kappa shape index (κ2) is 7.87. The van der Waals surface area contributed by atoms with Gasteiger partial charge in [-0.25, -0.2) is 0 Å². The van der Waals surface area contributed by atoms with Crippen molar-refractivity contribution in [3.8, 4) is 11.5 Å². The summed E-state index contributed by atoms with van der Waals surface area (Å²) in [5.74, 6) is 0.662. The van der Waals surface area contributed by atoms with Gasteiger partial charge in [0.05, 0.1) is 0 Å². The van der Waals surface area contributed by atoms with Crippen molar-refractivity contribution in [3.63, 3.8) is 0 Å². The van der Waals surface area contributed by atoms with Gasteiger partial charge in [0.25, 0.3) is 0 Å². The molecule has 2 heteroatoms. The molecular weight excluding hydrogens is 380 g/mol. The van der Waals surface area contributed by atoms with E-state index in [0.29, 0.717) is 12.2 Å². The molecule has 2 nitrogen and oxygen atoms in total. The van der Waals surface area contributed by atoms with Crippen LogP contribution in [-0.4, -0.2) is 10.2 Å². The van der Waals surface area contributed by atoms with E-state index in [1.165, 1.54) is 16.7 Å². The summed E-state index contributed by atoms with van der Waals surface area (Å²) in [4.78, 5) is 0. The summed E-state index contributed by atoms with van der Waals surface area (Å²) < 4.78 is 0. The average molecular weight is 425 g/mol. The maximum atomic E-state index is 11.9. The van der Waals surface area contributed by atoms with Crippen molar-refractivity contribution in [3.05, 3.63) is 57.6 Å². The van der Waals surface area contributed by atoms with Crippen LogP contribution in [0.2, 0.25) is 0 Å². The smallest absolute Gasteiger partial charge is 0.123 e. The Labute approximate surface area is 190 Å². The van der Waals surface area contributed by atoms with Crippen LogP contribution < -0.4 is 0 Å². The van der Waals surface area contributed by atoms with Gasteiger partial charge in [-0.05, 0) is 50.0 Å². The van der Waals surface area contributed by atoms with Gasteiger partial charge in [0.15, 0.2) is 0 Å². The molecule has 0 aromatic heterocycles. The highest BCUT2D eigenvalue weighted by atomic mass is 16.3. The molecule has 2 rings (SSSR count). The third-order valence-corrected chi connectivity index (χ3v) is 5.93. The first-order valence-electron chi connectivity index (χ1n) is 11.5. The normalized spacial score (nSPS) is 13.5. The standard InChI is InChI=1S/C29H44O2/c1-26(2,3)21-19(17-18-15-13-14-16-20(18)30)25(31)24(29(10,11)12)23(28(7,8)9)22(21)27(4,5)6/h13-16,30-31H,17H2,1-12H3. The first kappa shape index (κ1) is 25.3. The summed E-state index contributed by atoms with van der Waals surface area (Å²) in [5, 5.41) is 22.4. The van der Waals surface area contributed by atoms with Crippen LogP contribution in [0.15, 0.2) is 24.3 Å². The number of phenolic OH excluding ortho intramolecular Hbond substituents is 2. The zero-order chi connectivity index (χ0) is 24.2. The molecule has 0 bridgehead atoms. The fourth-order valence-corrected chi connectivity index (χ4v) is 4.87. The highest BCUT2D eigenvalue weighted by Gasteiger charge is 2.40. The first-order valence-corrected chi connectivity index (χ1v) is 11.5. The minimum Gasteiger partial charge on any atom is -0.508 e. The molecule has 2 aromatic rings. The van der Waals surface area contributed by atoms with Crippen molar-refractivity contribution in [2.24, 2.45) is 0 Å². The second-order valence-electron chi connectivity index (χ2n) is 13.1. The molecule has 0 atom stereocenters. The van der Waals surface area contributed by atoms with Gasteiger partial charge in [0.2, 0.25) is 0 Å². The lowest BCUT2D eigenvalue weighted by molar-refractivity contribution is 0.413. The van der Waals surface area contributed by atoms with E-state index in [9.17, 15) is 10.2 Å². The lowest BCUT2D eigenvalue weighted by Gasteiger charge is -2.42. The number of phenols is 2. The van der Waals surface area contributed by atoms with E-state index in [0.717, 1.165) is 16.7 Å². The monoisotopic (exact) mass is 424 g/mol. The Bertz CT molecular complexity index is 953. The number of hydrogen-bond acceptors (Lipinski definition) is 2. The lowest BCUT2D eigenvalue weighted by Crippen LogP contribution is -2.33. The quantitative estimate of drug-likeness (QED) is 0.515. The van der Waals surface area contributed by atoms with Crippen LogP contribution in [0, 0.1) is 0 Å². The van der Waals surface area contributed by atoms with Crippen molar-refractivity contribution in [2.45, 2.75) is 111 Å². The minimum absolute atomic E-state index is 0.105. The van der Waals surface area contributed by atoms with Crippen molar-refractivity contribution in [1.82, 2.24) is 0 Å². The van der Waals surface area contributed by atoms with Crippen molar-refractivity contribution >= 4 is 0 Å². The fraction of sp³-hybridized carbons (Fsp3) is 0.586. The highest BCUT2D eigenvalue weighted by Crippen LogP contribution is 2.51. The van der Waals surface area contributed by atoms with Crippen LogP contribution in [0.3, 0.4) is 0 Å². The molecule has 0 fully saturated rings. The van der Waals surface area contributed by atoms with Gasteiger partial charge >= 0.3 is 0 Å².